The molecule has 0 aliphatic rings. The Morgan fingerprint density at radius 3 is 2.84 bits per heavy atom. The Balaban J connectivity index is 0.00000180. The minimum Gasteiger partial charge on any atom is -0.320 e. The molecule has 0 aliphatic heterocycles. The molecule has 2 rings (SSSR count). The number of nitrogens with zero attached hydrogens (tertiary/aromatic N) is 2. The molecular weight excluding hydrogens is 287 g/mol. The first-order valence-electron chi connectivity index (χ1n) is 5.75. The van der Waals surface area contributed by atoms with Crippen molar-refractivity contribution in [2.75, 3.05) is 5.32 Å². The van der Waals surface area contributed by atoms with Crippen LogP contribution < -0.4 is 11.1 Å². The Morgan fingerprint density at radius 1 is 1.58 bits per heavy atom. The fourth-order valence-electron chi connectivity index (χ4n) is 1.74. The van der Waals surface area contributed by atoms with Crippen molar-refractivity contribution in [3.63, 3.8) is 0 Å². The molecule has 0 fully saturated rings. The van der Waals surface area contributed by atoms with E-state index in [1.54, 1.807) is 19.1 Å². The lowest BCUT2D eigenvalue weighted by Gasteiger charge is -2.09. The van der Waals surface area contributed by atoms with Crippen LogP contribution >= 0.6 is 24.0 Å². The predicted molar refractivity (Wildman–Crippen MR) is 79.9 cm³/mol. The van der Waals surface area contributed by atoms with Crippen molar-refractivity contribution in [3.05, 3.63) is 23.2 Å². The summed E-state index contributed by atoms with van der Waals surface area (Å²) in [6.07, 6.45) is 0. The fraction of sp³-hybridized carbons (Fsp3) is 0.333. The van der Waals surface area contributed by atoms with Gasteiger partial charge in [-0.2, -0.15) is 0 Å². The smallest absolute Gasteiger partial charge is 0.243 e. The molecule has 0 spiro atoms. The summed E-state index contributed by atoms with van der Waals surface area (Å²) in [6, 6.07) is 4.88. The van der Waals surface area contributed by atoms with Crippen molar-refractivity contribution in [2.45, 2.75) is 26.4 Å². The van der Waals surface area contributed by atoms with Crippen LogP contribution in [0.1, 0.15) is 13.8 Å². The van der Waals surface area contributed by atoms with E-state index in [4.69, 9.17) is 17.3 Å². The highest BCUT2D eigenvalue weighted by molar-refractivity contribution is 6.31. The highest BCUT2D eigenvalue weighted by atomic mass is 35.5. The van der Waals surface area contributed by atoms with Gasteiger partial charge in [0.05, 0.1) is 17.1 Å². The fourth-order valence-corrected chi connectivity index (χ4v) is 1.91. The molecule has 1 aromatic carbocycles. The summed E-state index contributed by atoms with van der Waals surface area (Å²) in [5.41, 5.74) is 7.21. The summed E-state index contributed by atoms with van der Waals surface area (Å²) in [6.45, 7) is 4.31. The third-order valence-corrected chi connectivity index (χ3v) is 2.91. The van der Waals surface area contributed by atoms with Crippen LogP contribution in [0.25, 0.3) is 11.0 Å². The molecule has 0 bridgehead atoms. The first-order valence-corrected chi connectivity index (χ1v) is 6.13. The number of imidazole rings is 1. The SMILES string of the molecule is CCn1c(NC(=O)C(C)N)nc2cc(Cl)ccc21.Cl. The number of carbonyl (C=O) groups is 1. The molecule has 0 saturated heterocycles. The summed E-state index contributed by atoms with van der Waals surface area (Å²) in [4.78, 5) is 16.0. The Bertz CT molecular complexity index is 595. The number of aromatic nitrogens is 2. The van der Waals surface area contributed by atoms with Crippen molar-refractivity contribution in [2.24, 2.45) is 5.73 Å². The van der Waals surface area contributed by atoms with E-state index in [9.17, 15) is 4.79 Å². The zero-order chi connectivity index (χ0) is 13.3. The standard InChI is InChI=1S/C12H15ClN4O.ClH/c1-3-17-10-5-4-8(13)6-9(10)15-12(17)16-11(18)7(2)14;/h4-7H,3,14H2,1-2H3,(H,15,16,18);1H. The van der Waals surface area contributed by atoms with Crippen molar-refractivity contribution in [3.8, 4) is 0 Å². The molecule has 5 nitrogen and oxygen atoms in total. The van der Waals surface area contributed by atoms with Crippen LogP contribution in [0, 0.1) is 0 Å². The lowest BCUT2D eigenvalue weighted by molar-refractivity contribution is -0.117. The van der Waals surface area contributed by atoms with Gasteiger partial charge in [-0.25, -0.2) is 4.98 Å². The topological polar surface area (TPSA) is 72.9 Å². The minimum absolute atomic E-state index is 0. The van der Waals surface area contributed by atoms with Gasteiger partial charge in [0, 0.05) is 11.6 Å². The number of benzene rings is 1. The quantitative estimate of drug-likeness (QED) is 0.914. The van der Waals surface area contributed by atoms with Gasteiger partial charge in [-0.15, -0.1) is 12.4 Å². The number of halogens is 2. The summed E-state index contributed by atoms with van der Waals surface area (Å²) < 4.78 is 1.91. The number of nitrogens with two attached hydrogens (primary N) is 1. The molecule has 104 valence electrons. The number of carbonyl (C=O) groups excluding carboxylic acids is 1. The van der Waals surface area contributed by atoms with Crippen molar-refractivity contribution >= 4 is 46.9 Å². The Labute approximate surface area is 122 Å². The monoisotopic (exact) mass is 302 g/mol. The summed E-state index contributed by atoms with van der Waals surface area (Å²) in [7, 11) is 0. The molecular formula is C12H16Cl2N4O. The summed E-state index contributed by atoms with van der Waals surface area (Å²) in [5.74, 6) is 0.239. The molecule has 0 saturated carbocycles. The lowest BCUT2D eigenvalue weighted by Crippen LogP contribution is -2.33. The highest BCUT2D eigenvalue weighted by Crippen LogP contribution is 2.23. The van der Waals surface area contributed by atoms with E-state index in [0.717, 1.165) is 11.0 Å². The molecule has 3 N–H and O–H groups in total. The van der Waals surface area contributed by atoms with Crippen LogP contribution in [-0.4, -0.2) is 21.5 Å². The number of hydrogen-bond acceptors (Lipinski definition) is 3. The Hall–Kier alpha value is -1.30. The van der Waals surface area contributed by atoms with Gasteiger partial charge in [-0.3, -0.25) is 10.1 Å². The van der Waals surface area contributed by atoms with Crippen LogP contribution in [0.2, 0.25) is 5.02 Å². The molecule has 1 heterocycles. The van der Waals surface area contributed by atoms with E-state index in [-0.39, 0.29) is 18.3 Å². The van der Waals surface area contributed by atoms with E-state index < -0.39 is 6.04 Å². The van der Waals surface area contributed by atoms with E-state index >= 15 is 0 Å². The van der Waals surface area contributed by atoms with Crippen LogP contribution in [-0.2, 0) is 11.3 Å². The van der Waals surface area contributed by atoms with Crippen molar-refractivity contribution in [1.29, 1.82) is 0 Å². The lowest BCUT2D eigenvalue weighted by atomic mass is 10.3. The molecule has 1 amide bonds. The molecule has 2 aromatic rings. The average Bonchev–Trinajstić information content (AvgIpc) is 2.64. The van der Waals surface area contributed by atoms with Gasteiger partial charge < -0.3 is 10.3 Å². The molecule has 7 heteroatoms. The second kappa shape index (κ2) is 6.23. The predicted octanol–water partition coefficient (Wildman–Crippen LogP) is 2.42. The number of hydrogen-bond donors (Lipinski definition) is 2. The van der Waals surface area contributed by atoms with Gasteiger partial charge in [0.2, 0.25) is 11.9 Å². The second-order valence-electron chi connectivity index (χ2n) is 4.09. The first kappa shape index (κ1) is 15.8. The highest BCUT2D eigenvalue weighted by Gasteiger charge is 2.14. The van der Waals surface area contributed by atoms with Crippen molar-refractivity contribution < 1.29 is 4.79 Å². The Kier molecular flexibility index (Phi) is 5.17. The largest absolute Gasteiger partial charge is 0.320 e. The van der Waals surface area contributed by atoms with Crippen molar-refractivity contribution in [1.82, 2.24) is 9.55 Å². The van der Waals surface area contributed by atoms with Gasteiger partial charge in [-0.1, -0.05) is 11.6 Å². The zero-order valence-electron chi connectivity index (χ0n) is 10.7. The summed E-state index contributed by atoms with van der Waals surface area (Å²) in [5, 5.41) is 3.33. The molecule has 1 aromatic heterocycles. The van der Waals surface area contributed by atoms with Crippen LogP contribution in [0.5, 0.6) is 0 Å². The molecule has 1 unspecified atom stereocenters. The van der Waals surface area contributed by atoms with Gasteiger partial charge >= 0.3 is 0 Å². The van der Waals surface area contributed by atoms with Gasteiger partial charge in [0.25, 0.3) is 0 Å². The number of nitrogens with one attached hydrogen (secondary N) is 1. The molecule has 0 radical (unpaired) electrons. The van der Waals surface area contributed by atoms with E-state index in [1.807, 2.05) is 17.6 Å². The number of aryl methyl sites for hydroxylation is 1. The Morgan fingerprint density at radius 2 is 2.26 bits per heavy atom. The van der Waals surface area contributed by atoms with Crippen LogP contribution in [0.3, 0.4) is 0 Å². The normalized spacial score (nSPS) is 12.0. The van der Waals surface area contributed by atoms with Crippen LogP contribution in [0.15, 0.2) is 18.2 Å². The van der Waals surface area contributed by atoms with Gasteiger partial charge in [0.15, 0.2) is 0 Å². The number of rotatable bonds is 3. The maximum absolute atomic E-state index is 11.6. The maximum Gasteiger partial charge on any atom is 0.243 e. The van der Waals surface area contributed by atoms with E-state index in [2.05, 4.69) is 10.3 Å². The van der Waals surface area contributed by atoms with Gasteiger partial charge in [0.1, 0.15) is 0 Å². The molecule has 1 atom stereocenters. The zero-order valence-corrected chi connectivity index (χ0v) is 12.3. The minimum atomic E-state index is -0.571. The third kappa shape index (κ3) is 3.18. The van der Waals surface area contributed by atoms with Crippen LogP contribution in [0.4, 0.5) is 5.95 Å². The molecule has 19 heavy (non-hydrogen) atoms. The van der Waals surface area contributed by atoms with E-state index in [0.29, 0.717) is 17.5 Å². The number of amides is 1. The number of fused-ring (bicyclic) bond motifs is 1. The number of anilines is 1. The first-order chi connectivity index (χ1) is 8.52. The van der Waals surface area contributed by atoms with Gasteiger partial charge in [-0.05, 0) is 32.0 Å². The molecule has 0 aliphatic carbocycles. The maximum atomic E-state index is 11.6. The summed E-state index contributed by atoms with van der Waals surface area (Å²) >= 11 is 5.92. The second-order valence-corrected chi connectivity index (χ2v) is 4.53. The van der Waals surface area contributed by atoms with E-state index in [1.165, 1.54) is 0 Å². The average molecular weight is 303 g/mol. The third-order valence-electron chi connectivity index (χ3n) is 2.68.